The molecular formula is C9H15N3O3S. The number of aliphatic hydroxyl groups excluding tert-OH is 1. The normalized spacial score (nSPS) is 18.7. The maximum atomic E-state index is 12.1. The molecule has 1 heterocycles. The third-order valence-corrected chi connectivity index (χ3v) is 4.68. The topological polar surface area (TPSA) is 95.1 Å². The van der Waals surface area contributed by atoms with Gasteiger partial charge in [-0.3, -0.25) is 5.10 Å². The minimum atomic E-state index is -3.59. The molecule has 0 unspecified atom stereocenters. The summed E-state index contributed by atoms with van der Waals surface area (Å²) in [5, 5.41) is 15.6. The van der Waals surface area contributed by atoms with Crippen LogP contribution in [-0.4, -0.2) is 35.9 Å². The molecule has 1 aliphatic rings. The van der Waals surface area contributed by atoms with Gasteiger partial charge in [0.05, 0.1) is 23.5 Å². The van der Waals surface area contributed by atoms with Crippen LogP contribution in [-0.2, 0) is 10.0 Å². The first-order valence-corrected chi connectivity index (χ1v) is 6.55. The number of rotatable bonds is 4. The fraction of sp³-hybridized carbons (Fsp3) is 0.667. The zero-order chi connectivity index (χ0) is 12.0. The van der Waals surface area contributed by atoms with Gasteiger partial charge in [-0.15, -0.1) is 0 Å². The molecule has 0 aromatic carbocycles. The number of hydrogen-bond acceptors (Lipinski definition) is 4. The van der Waals surface area contributed by atoms with E-state index in [1.165, 1.54) is 0 Å². The molecule has 16 heavy (non-hydrogen) atoms. The highest BCUT2D eigenvalue weighted by atomic mass is 32.2. The Hall–Kier alpha value is -0.920. The lowest BCUT2D eigenvalue weighted by Crippen LogP contribution is -2.39. The number of hydrogen-bond donors (Lipinski definition) is 3. The van der Waals surface area contributed by atoms with Gasteiger partial charge in [-0.1, -0.05) is 0 Å². The number of nitrogens with zero attached hydrogens (tertiary/aromatic N) is 1. The number of aryl methyl sites for hydroxylation is 2. The van der Waals surface area contributed by atoms with E-state index >= 15 is 0 Å². The van der Waals surface area contributed by atoms with Crippen LogP contribution >= 0.6 is 0 Å². The monoisotopic (exact) mass is 245 g/mol. The van der Waals surface area contributed by atoms with E-state index in [9.17, 15) is 8.42 Å². The first-order chi connectivity index (χ1) is 7.40. The molecule has 1 aromatic rings. The quantitative estimate of drug-likeness (QED) is 0.686. The summed E-state index contributed by atoms with van der Waals surface area (Å²) in [6.45, 7) is 3.13. The third kappa shape index (κ3) is 1.85. The van der Waals surface area contributed by atoms with E-state index in [4.69, 9.17) is 5.11 Å². The zero-order valence-corrected chi connectivity index (χ0v) is 10.1. The van der Waals surface area contributed by atoms with E-state index in [1.807, 2.05) is 0 Å². The first kappa shape index (κ1) is 11.6. The highest BCUT2D eigenvalue weighted by Crippen LogP contribution is 2.36. The summed E-state index contributed by atoms with van der Waals surface area (Å²) in [7, 11) is -3.59. The third-order valence-electron chi connectivity index (χ3n) is 2.84. The van der Waals surface area contributed by atoms with Crippen LogP contribution in [0.1, 0.15) is 24.2 Å². The van der Waals surface area contributed by atoms with Crippen molar-refractivity contribution < 1.29 is 13.5 Å². The first-order valence-electron chi connectivity index (χ1n) is 5.07. The van der Waals surface area contributed by atoms with Crippen molar-refractivity contribution in [2.75, 3.05) is 6.61 Å². The minimum Gasteiger partial charge on any atom is -0.394 e. The number of aliphatic hydroxyl groups is 1. The fourth-order valence-corrected chi connectivity index (χ4v) is 3.54. The smallest absolute Gasteiger partial charge is 0.244 e. The summed E-state index contributed by atoms with van der Waals surface area (Å²) in [4.78, 5) is 0.187. The lowest BCUT2D eigenvalue weighted by Gasteiger charge is -2.14. The number of aromatic amines is 1. The molecule has 0 radical (unpaired) electrons. The van der Waals surface area contributed by atoms with Crippen molar-refractivity contribution in [1.82, 2.24) is 14.9 Å². The van der Waals surface area contributed by atoms with Gasteiger partial charge in [0.15, 0.2) is 0 Å². The van der Waals surface area contributed by atoms with Crippen molar-refractivity contribution in [3.8, 4) is 0 Å². The minimum absolute atomic E-state index is 0.165. The van der Waals surface area contributed by atoms with Gasteiger partial charge in [0.2, 0.25) is 10.0 Å². The van der Waals surface area contributed by atoms with Crippen LogP contribution in [0.2, 0.25) is 0 Å². The summed E-state index contributed by atoms with van der Waals surface area (Å²) in [5.41, 5.74) is 0.312. The average molecular weight is 245 g/mol. The lowest BCUT2D eigenvalue weighted by molar-refractivity contribution is 0.246. The van der Waals surface area contributed by atoms with Crippen LogP contribution in [0.5, 0.6) is 0 Å². The summed E-state index contributed by atoms with van der Waals surface area (Å²) >= 11 is 0. The van der Waals surface area contributed by atoms with Gasteiger partial charge in [0, 0.05) is 0 Å². The van der Waals surface area contributed by atoms with Crippen molar-refractivity contribution in [3.63, 3.8) is 0 Å². The molecule has 1 fully saturated rings. The van der Waals surface area contributed by atoms with Crippen LogP contribution < -0.4 is 4.72 Å². The molecule has 3 N–H and O–H groups in total. The van der Waals surface area contributed by atoms with Crippen LogP contribution in [0.25, 0.3) is 0 Å². The maximum absolute atomic E-state index is 12.1. The van der Waals surface area contributed by atoms with E-state index < -0.39 is 15.6 Å². The zero-order valence-electron chi connectivity index (χ0n) is 9.24. The van der Waals surface area contributed by atoms with Gasteiger partial charge < -0.3 is 5.11 Å². The van der Waals surface area contributed by atoms with Gasteiger partial charge in [-0.25, -0.2) is 13.1 Å². The Balaban J connectivity index is 2.33. The van der Waals surface area contributed by atoms with Crippen molar-refractivity contribution in [1.29, 1.82) is 0 Å². The Labute approximate surface area is 94.1 Å². The SMILES string of the molecule is Cc1n[nH]c(C)c1S(=O)(=O)NC1(CO)CC1. The van der Waals surface area contributed by atoms with Crippen LogP contribution in [0.4, 0.5) is 0 Å². The summed E-state index contributed by atoms with van der Waals surface area (Å²) in [5.74, 6) is 0. The predicted octanol–water partition coefficient (Wildman–Crippen LogP) is -0.170. The highest BCUT2D eigenvalue weighted by molar-refractivity contribution is 7.89. The second-order valence-corrected chi connectivity index (χ2v) is 5.93. The van der Waals surface area contributed by atoms with Gasteiger partial charge in [0.25, 0.3) is 0 Å². The maximum Gasteiger partial charge on any atom is 0.244 e. The molecule has 1 saturated carbocycles. The molecule has 0 spiro atoms. The molecule has 1 aromatic heterocycles. The molecule has 0 bridgehead atoms. The Morgan fingerprint density at radius 1 is 1.50 bits per heavy atom. The van der Waals surface area contributed by atoms with Crippen molar-refractivity contribution >= 4 is 10.0 Å². The standard InChI is InChI=1S/C9H15N3O3S/c1-6-8(7(2)11-10-6)16(14,15)12-9(5-13)3-4-9/h12-13H,3-5H2,1-2H3,(H,10,11). The molecule has 0 atom stereocenters. The summed E-state index contributed by atoms with van der Waals surface area (Å²) in [6.07, 6.45) is 1.36. The van der Waals surface area contributed by atoms with Crippen LogP contribution in [0.3, 0.4) is 0 Å². The van der Waals surface area contributed by atoms with Crippen LogP contribution in [0.15, 0.2) is 4.90 Å². The Morgan fingerprint density at radius 2 is 2.12 bits per heavy atom. The molecule has 0 saturated heterocycles. The van der Waals surface area contributed by atoms with E-state index in [0.717, 1.165) is 0 Å². The predicted molar refractivity (Wildman–Crippen MR) is 57.4 cm³/mol. The number of H-pyrrole nitrogens is 1. The second-order valence-electron chi connectivity index (χ2n) is 4.31. The molecule has 1 aliphatic carbocycles. The fourth-order valence-electron chi connectivity index (χ4n) is 1.72. The Kier molecular flexibility index (Phi) is 2.56. The van der Waals surface area contributed by atoms with Crippen LogP contribution in [0, 0.1) is 13.8 Å². The second kappa shape index (κ2) is 3.54. The van der Waals surface area contributed by atoms with Crippen molar-refractivity contribution in [2.24, 2.45) is 0 Å². The molecule has 0 aliphatic heterocycles. The van der Waals surface area contributed by atoms with Crippen molar-refractivity contribution in [3.05, 3.63) is 11.4 Å². The highest BCUT2D eigenvalue weighted by Gasteiger charge is 2.46. The van der Waals surface area contributed by atoms with Gasteiger partial charge in [0.1, 0.15) is 4.90 Å². The van der Waals surface area contributed by atoms with Crippen molar-refractivity contribution in [2.45, 2.75) is 37.1 Å². The molecule has 90 valence electrons. The molecule has 7 heteroatoms. The Bertz CT molecular complexity index is 483. The molecular weight excluding hydrogens is 230 g/mol. The van der Waals surface area contributed by atoms with Gasteiger partial charge in [-0.2, -0.15) is 5.10 Å². The largest absolute Gasteiger partial charge is 0.394 e. The van der Waals surface area contributed by atoms with E-state index in [-0.39, 0.29) is 11.5 Å². The van der Waals surface area contributed by atoms with Gasteiger partial charge >= 0.3 is 0 Å². The average Bonchev–Trinajstić information content (AvgIpc) is 2.86. The summed E-state index contributed by atoms with van der Waals surface area (Å²) < 4.78 is 26.7. The number of aromatic nitrogens is 2. The van der Waals surface area contributed by atoms with E-state index in [1.54, 1.807) is 13.8 Å². The molecule has 2 rings (SSSR count). The van der Waals surface area contributed by atoms with E-state index in [2.05, 4.69) is 14.9 Å². The van der Waals surface area contributed by atoms with E-state index in [0.29, 0.717) is 24.2 Å². The molecule has 6 nitrogen and oxygen atoms in total. The summed E-state index contributed by atoms with van der Waals surface area (Å²) in [6, 6.07) is 0. The Morgan fingerprint density at radius 3 is 2.50 bits per heavy atom. The van der Waals surface area contributed by atoms with Gasteiger partial charge in [-0.05, 0) is 26.7 Å². The lowest BCUT2D eigenvalue weighted by atomic mass is 10.3. The number of sulfonamides is 1. The number of nitrogens with one attached hydrogen (secondary N) is 2. The molecule has 0 amide bonds.